The number of nitrogens with zero attached hydrogens (tertiary/aromatic N) is 1. The van der Waals surface area contributed by atoms with Crippen molar-refractivity contribution < 1.29 is 13.2 Å². The molecule has 0 heterocycles. The SMILES string of the molecule is CSS(=O)(=O)CC(=O)N(C)C. The lowest BCUT2D eigenvalue weighted by atomic mass is 10.6. The van der Waals surface area contributed by atoms with E-state index in [2.05, 4.69) is 0 Å². The van der Waals surface area contributed by atoms with Gasteiger partial charge in [0.05, 0.1) is 0 Å². The molecule has 0 unspecified atom stereocenters. The van der Waals surface area contributed by atoms with E-state index < -0.39 is 14.6 Å². The first kappa shape index (κ1) is 10.8. The molecule has 0 saturated heterocycles. The molecular formula is C5H11NO3S2. The lowest BCUT2D eigenvalue weighted by molar-refractivity contribution is -0.125. The molecule has 66 valence electrons. The van der Waals surface area contributed by atoms with E-state index in [-0.39, 0.29) is 5.91 Å². The van der Waals surface area contributed by atoms with Crippen molar-refractivity contribution in [1.29, 1.82) is 0 Å². The van der Waals surface area contributed by atoms with Gasteiger partial charge in [-0.1, -0.05) is 0 Å². The van der Waals surface area contributed by atoms with E-state index in [0.717, 1.165) is 0 Å². The summed E-state index contributed by atoms with van der Waals surface area (Å²) in [6.45, 7) is 0. The minimum atomic E-state index is -3.24. The van der Waals surface area contributed by atoms with Crippen molar-refractivity contribution in [3.8, 4) is 0 Å². The monoisotopic (exact) mass is 197 g/mol. The van der Waals surface area contributed by atoms with Crippen molar-refractivity contribution in [1.82, 2.24) is 4.90 Å². The molecule has 11 heavy (non-hydrogen) atoms. The van der Waals surface area contributed by atoms with Gasteiger partial charge in [-0.2, -0.15) is 0 Å². The predicted molar refractivity (Wildman–Crippen MR) is 46.0 cm³/mol. The molecule has 6 heteroatoms. The van der Waals surface area contributed by atoms with Crippen LogP contribution >= 0.6 is 10.8 Å². The van der Waals surface area contributed by atoms with Gasteiger partial charge in [-0.3, -0.25) is 4.79 Å². The Morgan fingerprint density at radius 1 is 1.45 bits per heavy atom. The largest absolute Gasteiger partial charge is 0.348 e. The fourth-order valence-electron chi connectivity index (χ4n) is 0.339. The number of amides is 1. The highest BCUT2D eigenvalue weighted by atomic mass is 33.1. The highest BCUT2D eigenvalue weighted by Gasteiger charge is 2.15. The molecule has 0 aliphatic rings. The predicted octanol–water partition coefficient (Wildman–Crippen LogP) is -0.233. The number of carbonyl (C=O) groups is 1. The fourth-order valence-corrected chi connectivity index (χ4v) is 1.67. The van der Waals surface area contributed by atoms with E-state index in [1.54, 1.807) is 0 Å². The number of hydrogen-bond donors (Lipinski definition) is 0. The van der Waals surface area contributed by atoms with Crippen LogP contribution in [-0.4, -0.2) is 45.3 Å². The first-order valence-corrected chi connectivity index (χ1v) is 6.27. The van der Waals surface area contributed by atoms with Crippen LogP contribution in [0.5, 0.6) is 0 Å². The molecule has 0 radical (unpaired) electrons. The molecule has 0 aromatic rings. The van der Waals surface area contributed by atoms with Crippen LogP contribution in [0.1, 0.15) is 0 Å². The van der Waals surface area contributed by atoms with Gasteiger partial charge in [0.25, 0.3) is 0 Å². The Morgan fingerprint density at radius 2 is 1.91 bits per heavy atom. The zero-order chi connectivity index (χ0) is 9.07. The summed E-state index contributed by atoms with van der Waals surface area (Å²) >= 11 is 0. The van der Waals surface area contributed by atoms with Crippen LogP contribution in [0.15, 0.2) is 0 Å². The summed E-state index contributed by atoms with van der Waals surface area (Å²) in [5.41, 5.74) is 0. The molecule has 0 rings (SSSR count). The van der Waals surface area contributed by atoms with Crippen molar-refractivity contribution in [3.63, 3.8) is 0 Å². The van der Waals surface area contributed by atoms with Crippen molar-refractivity contribution in [3.05, 3.63) is 0 Å². The van der Waals surface area contributed by atoms with Gasteiger partial charge in [0.15, 0.2) is 0 Å². The van der Waals surface area contributed by atoms with Gasteiger partial charge in [-0.05, 0) is 17.0 Å². The standard InChI is InChI=1S/C5H11NO3S2/c1-6(2)5(7)4-11(8,9)10-3/h4H2,1-3H3. The summed E-state index contributed by atoms with van der Waals surface area (Å²) in [5, 5.41) is 0. The van der Waals surface area contributed by atoms with Gasteiger partial charge in [0, 0.05) is 14.1 Å². The van der Waals surface area contributed by atoms with Crippen LogP contribution in [0.3, 0.4) is 0 Å². The van der Waals surface area contributed by atoms with Crippen LogP contribution in [-0.2, 0) is 13.7 Å². The molecule has 0 bridgehead atoms. The summed E-state index contributed by atoms with van der Waals surface area (Å²) in [6.07, 6.45) is 1.44. The zero-order valence-corrected chi connectivity index (χ0v) is 8.33. The summed E-state index contributed by atoms with van der Waals surface area (Å²) < 4.78 is 21.7. The van der Waals surface area contributed by atoms with E-state index in [4.69, 9.17) is 0 Å². The average molecular weight is 197 g/mol. The van der Waals surface area contributed by atoms with Crippen molar-refractivity contribution in [2.45, 2.75) is 0 Å². The van der Waals surface area contributed by atoms with Crippen LogP contribution in [0, 0.1) is 0 Å². The number of rotatable bonds is 3. The molecule has 4 nitrogen and oxygen atoms in total. The maximum atomic E-state index is 10.9. The Hall–Kier alpha value is -0.230. The van der Waals surface area contributed by atoms with E-state index in [1.807, 2.05) is 0 Å². The smallest absolute Gasteiger partial charge is 0.238 e. The average Bonchev–Trinajstić information content (AvgIpc) is 1.87. The maximum Gasteiger partial charge on any atom is 0.238 e. The van der Waals surface area contributed by atoms with Gasteiger partial charge >= 0.3 is 0 Å². The Balaban J connectivity index is 4.17. The third-order valence-electron chi connectivity index (χ3n) is 1.05. The number of hydrogen-bond acceptors (Lipinski definition) is 4. The Bertz CT molecular complexity index is 232. The van der Waals surface area contributed by atoms with Crippen LogP contribution in [0.2, 0.25) is 0 Å². The minimum Gasteiger partial charge on any atom is -0.348 e. The number of carbonyl (C=O) groups excluding carboxylic acids is 1. The van der Waals surface area contributed by atoms with Gasteiger partial charge in [0.2, 0.25) is 14.8 Å². The van der Waals surface area contributed by atoms with Gasteiger partial charge in [0.1, 0.15) is 5.75 Å². The van der Waals surface area contributed by atoms with Crippen LogP contribution in [0.25, 0.3) is 0 Å². The molecule has 0 atom stereocenters. The fraction of sp³-hybridized carbons (Fsp3) is 0.800. The third kappa shape index (κ3) is 4.26. The summed E-state index contributed by atoms with van der Waals surface area (Å²) in [4.78, 5) is 12.1. The molecule has 0 aliphatic carbocycles. The van der Waals surface area contributed by atoms with Crippen LogP contribution < -0.4 is 0 Å². The summed E-state index contributed by atoms with van der Waals surface area (Å²) in [6, 6.07) is 0. The van der Waals surface area contributed by atoms with E-state index >= 15 is 0 Å². The lowest BCUT2D eigenvalue weighted by Gasteiger charge is -2.08. The van der Waals surface area contributed by atoms with Gasteiger partial charge < -0.3 is 4.90 Å². The Kier molecular flexibility index (Phi) is 3.88. The topological polar surface area (TPSA) is 54.5 Å². The van der Waals surface area contributed by atoms with Crippen molar-refractivity contribution in [2.24, 2.45) is 0 Å². The molecule has 0 aromatic carbocycles. The van der Waals surface area contributed by atoms with Gasteiger partial charge in [-0.25, -0.2) is 8.42 Å². The molecule has 1 amide bonds. The maximum absolute atomic E-state index is 10.9. The first-order valence-electron chi connectivity index (χ1n) is 2.87. The van der Waals surface area contributed by atoms with Crippen LogP contribution in [0.4, 0.5) is 0 Å². The second-order valence-electron chi connectivity index (χ2n) is 2.16. The van der Waals surface area contributed by atoms with Crippen molar-refractivity contribution >= 4 is 25.6 Å². The molecular weight excluding hydrogens is 186 g/mol. The van der Waals surface area contributed by atoms with E-state index in [0.29, 0.717) is 10.8 Å². The second kappa shape index (κ2) is 3.96. The zero-order valence-electron chi connectivity index (χ0n) is 6.70. The molecule has 0 fully saturated rings. The molecule has 0 saturated carbocycles. The minimum absolute atomic E-state index is 0.389. The first-order chi connectivity index (χ1) is 4.89. The Labute approximate surface area is 70.3 Å². The molecule has 0 aliphatic heterocycles. The van der Waals surface area contributed by atoms with Gasteiger partial charge in [-0.15, -0.1) is 0 Å². The summed E-state index contributed by atoms with van der Waals surface area (Å²) in [7, 11) is 0.511. The van der Waals surface area contributed by atoms with Crippen molar-refractivity contribution in [2.75, 3.05) is 26.1 Å². The highest BCUT2D eigenvalue weighted by Crippen LogP contribution is 2.07. The lowest BCUT2D eigenvalue weighted by Crippen LogP contribution is -2.27. The normalized spacial score (nSPS) is 11.2. The molecule has 0 aromatic heterocycles. The summed E-state index contributed by atoms with van der Waals surface area (Å²) in [5.74, 6) is -0.805. The second-order valence-corrected chi connectivity index (χ2v) is 6.42. The molecule has 0 spiro atoms. The third-order valence-corrected chi connectivity index (χ3v) is 4.04. The molecule has 0 N–H and O–H groups in total. The van der Waals surface area contributed by atoms with E-state index in [1.165, 1.54) is 25.3 Å². The highest BCUT2D eigenvalue weighted by molar-refractivity contribution is 8.71. The Morgan fingerprint density at radius 3 is 2.18 bits per heavy atom. The quantitative estimate of drug-likeness (QED) is 0.586. The van der Waals surface area contributed by atoms with E-state index in [9.17, 15) is 13.2 Å².